The van der Waals surface area contributed by atoms with Crippen LogP contribution in [0.15, 0.2) is 13.2 Å². The molecule has 0 bridgehead atoms. The molecule has 0 heteroatoms. The highest BCUT2D eigenvalue weighted by molar-refractivity contribution is 4.89. The van der Waals surface area contributed by atoms with Crippen molar-refractivity contribution in [3.63, 3.8) is 0 Å². The molecule has 0 aliphatic heterocycles. The third kappa shape index (κ3) is 21.8. The first-order valence-electron chi connectivity index (χ1n) is 12.7. The smallest absolute Gasteiger partial charge is 0.0298 e. The van der Waals surface area contributed by atoms with E-state index in [4.69, 9.17) is 0 Å². The van der Waals surface area contributed by atoms with Gasteiger partial charge in [0.1, 0.15) is 0 Å². The topological polar surface area (TPSA) is 0 Å². The first kappa shape index (κ1) is 42.4. The molecule has 1 aliphatic carbocycles. The molecule has 4 unspecified atom stereocenters. The molecule has 1 rings (SSSR count). The van der Waals surface area contributed by atoms with Crippen LogP contribution in [0.5, 0.6) is 0 Å². The van der Waals surface area contributed by atoms with E-state index in [0.29, 0.717) is 5.41 Å². The summed E-state index contributed by atoms with van der Waals surface area (Å²) in [7, 11) is 0. The van der Waals surface area contributed by atoms with Crippen LogP contribution in [0.2, 0.25) is 0 Å². The van der Waals surface area contributed by atoms with Crippen molar-refractivity contribution in [3.8, 4) is 12.8 Å². The molecule has 0 N–H and O–H groups in total. The average Bonchev–Trinajstić information content (AvgIpc) is 3.21. The van der Waals surface area contributed by atoms with Crippen molar-refractivity contribution in [2.45, 2.75) is 135 Å². The zero-order chi connectivity index (χ0) is 25.1. The second kappa shape index (κ2) is 34.8. The van der Waals surface area contributed by atoms with Gasteiger partial charge in [0.15, 0.2) is 0 Å². The van der Waals surface area contributed by atoms with Gasteiger partial charge in [0.2, 0.25) is 0 Å². The van der Waals surface area contributed by atoms with Crippen molar-refractivity contribution in [3.05, 3.63) is 13.2 Å². The largest absolute Gasteiger partial charge is 0.124 e. The van der Waals surface area contributed by atoms with Gasteiger partial charge in [0.25, 0.3) is 0 Å². The van der Waals surface area contributed by atoms with Crippen LogP contribution in [0.4, 0.5) is 0 Å². The van der Waals surface area contributed by atoms with Crippen molar-refractivity contribution in [1.29, 1.82) is 0 Å². The molecule has 29 heavy (non-hydrogen) atoms. The van der Waals surface area contributed by atoms with Gasteiger partial charge in [0, 0.05) is 0 Å². The summed E-state index contributed by atoms with van der Waals surface area (Å²) in [6.07, 6.45) is 16.4. The highest BCUT2D eigenvalue weighted by Crippen LogP contribution is 2.48. The maximum absolute atomic E-state index is 4.00. The summed E-state index contributed by atoms with van der Waals surface area (Å²) in [6.45, 7) is 36.9. The molecule has 0 aromatic carbocycles. The molecule has 4 atom stereocenters. The summed E-state index contributed by atoms with van der Waals surface area (Å²) in [5.41, 5.74) is 0.526. The number of rotatable bonds is 5. The lowest BCUT2D eigenvalue weighted by atomic mass is 9.63. The van der Waals surface area contributed by atoms with Crippen LogP contribution in [0.3, 0.4) is 0 Å². The fourth-order valence-corrected chi connectivity index (χ4v) is 3.98. The van der Waals surface area contributed by atoms with E-state index in [2.05, 4.69) is 81.4 Å². The molecule has 0 radical (unpaired) electrons. The zero-order valence-corrected chi connectivity index (χ0v) is 23.6. The van der Waals surface area contributed by atoms with E-state index >= 15 is 0 Å². The number of hydrogen-bond acceptors (Lipinski definition) is 0. The molecule has 0 spiro atoms. The van der Waals surface area contributed by atoms with E-state index in [1.54, 1.807) is 0 Å². The standard InChI is InChI=1S/C16H32.C3H8.3C2H6.C2H4.C2H2/c1-7-13(4)16(5,6)15(8-2)14-10-9-12(3)11-14;1-3-2;5*1-2/h12-15H,7-11H2,1-6H3;3H2,1-2H3;3*1-2H3;1-2H2;1-2H. The van der Waals surface area contributed by atoms with E-state index in [1.165, 1.54) is 38.5 Å². The van der Waals surface area contributed by atoms with Crippen molar-refractivity contribution < 1.29 is 0 Å². The van der Waals surface area contributed by atoms with Gasteiger partial charge in [-0.15, -0.1) is 26.0 Å². The van der Waals surface area contributed by atoms with Crippen molar-refractivity contribution in [2.75, 3.05) is 0 Å². The fraction of sp³-hybridized carbons (Fsp3) is 0.862. The zero-order valence-electron chi connectivity index (χ0n) is 23.6. The maximum atomic E-state index is 4.00. The average molecular weight is 413 g/mol. The predicted molar refractivity (Wildman–Crippen MR) is 145 cm³/mol. The summed E-state index contributed by atoms with van der Waals surface area (Å²) in [6, 6.07) is 0. The summed E-state index contributed by atoms with van der Waals surface area (Å²) >= 11 is 0. The molecule has 180 valence electrons. The summed E-state index contributed by atoms with van der Waals surface area (Å²) in [5, 5.41) is 0. The SMILES string of the molecule is C#C.C=C.CC.CC.CC.CCC.CCC(C)C(C)(C)C(CC)C1CCC(C)C1. The van der Waals surface area contributed by atoms with Gasteiger partial charge in [-0.2, -0.15) is 0 Å². The van der Waals surface area contributed by atoms with E-state index in [1.807, 2.05) is 41.5 Å². The highest BCUT2D eigenvalue weighted by atomic mass is 14.4. The Morgan fingerprint density at radius 2 is 1.17 bits per heavy atom. The minimum atomic E-state index is 0.526. The minimum Gasteiger partial charge on any atom is -0.124 e. The molecule has 0 aromatic heterocycles. The predicted octanol–water partition coefficient (Wildman–Crippen LogP) is 11.1. The molecule has 0 nitrogen and oxygen atoms in total. The first-order chi connectivity index (χ1) is 13.8. The van der Waals surface area contributed by atoms with E-state index in [0.717, 1.165) is 23.7 Å². The van der Waals surface area contributed by atoms with Gasteiger partial charge in [-0.3, -0.25) is 0 Å². The minimum absolute atomic E-state index is 0.526. The second-order valence-corrected chi connectivity index (χ2v) is 7.53. The lowest BCUT2D eigenvalue weighted by molar-refractivity contribution is 0.0699. The molecule has 0 amide bonds. The molecular weight excluding hydrogens is 348 g/mol. The van der Waals surface area contributed by atoms with Gasteiger partial charge in [-0.05, 0) is 41.9 Å². The lowest BCUT2D eigenvalue weighted by Gasteiger charge is -2.42. The van der Waals surface area contributed by atoms with E-state index in [9.17, 15) is 0 Å². The van der Waals surface area contributed by atoms with Crippen LogP contribution in [0.1, 0.15) is 135 Å². The second-order valence-electron chi connectivity index (χ2n) is 7.53. The summed E-state index contributed by atoms with van der Waals surface area (Å²) in [5.74, 6) is 3.77. The van der Waals surface area contributed by atoms with Crippen LogP contribution < -0.4 is 0 Å². The lowest BCUT2D eigenvalue weighted by Crippen LogP contribution is -2.34. The van der Waals surface area contributed by atoms with Crippen LogP contribution in [-0.4, -0.2) is 0 Å². The summed E-state index contributed by atoms with van der Waals surface area (Å²) < 4.78 is 0. The monoisotopic (exact) mass is 413 g/mol. The van der Waals surface area contributed by atoms with Crippen LogP contribution in [0, 0.1) is 41.9 Å². The first-order valence-corrected chi connectivity index (χ1v) is 12.7. The van der Waals surface area contributed by atoms with Gasteiger partial charge >= 0.3 is 0 Å². The van der Waals surface area contributed by atoms with Gasteiger partial charge < -0.3 is 0 Å². The van der Waals surface area contributed by atoms with Gasteiger partial charge in [-0.25, -0.2) is 0 Å². The van der Waals surface area contributed by atoms with Crippen molar-refractivity contribution >= 4 is 0 Å². The normalized spacial score (nSPS) is 18.2. The Morgan fingerprint density at radius 1 is 0.828 bits per heavy atom. The molecule has 1 aliphatic rings. The Balaban J connectivity index is -0.0000000858. The number of hydrogen-bond donors (Lipinski definition) is 0. The van der Waals surface area contributed by atoms with E-state index in [-0.39, 0.29) is 0 Å². The Bertz CT molecular complexity index is 260. The Morgan fingerprint density at radius 3 is 1.38 bits per heavy atom. The Labute approximate surface area is 190 Å². The summed E-state index contributed by atoms with van der Waals surface area (Å²) in [4.78, 5) is 0. The Kier molecular flexibility index (Phi) is 50.9. The molecule has 0 saturated heterocycles. The third-order valence-electron chi connectivity index (χ3n) is 5.58. The Hall–Kier alpha value is -0.700. The molecule has 1 fully saturated rings. The van der Waals surface area contributed by atoms with Crippen molar-refractivity contribution in [2.24, 2.45) is 29.1 Å². The van der Waals surface area contributed by atoms with Gasteiger partial charge in [0.05, 0.1) is 0 Å². The highest BCUT2D eigenvalue weighted by Gasteiger charge is 2.39. The van der Waals surface area contributed by atoms with Crippen molar-refractivity contribution in [1.82, 2.24) is 0 Å². The van der Waals surface area contributed by atoms with Gasteiger partial charge in [-0.1, -0.05) is 123 Å². The van der Waals surface area contributed by atoms with Crippen LogP contribution in [-0.2, 0) is 0 Å². The van der Waals surface area contributed by atoms with E-state index < -0.39 is 0 Å². The number of terminal acetylenes is 1. The maximum Gasteiger partial charge on any atom is -0.0298 e. The van der Waals surface area contributed by atoms with Crippen LogP contribution in [0.25, 0.3) is 0 Å². The quantitative estimate of drug-likeness (QED) is 0.311. The fourth-order valence-electron chi connectivity index (χ4n) is 3.98. The molecule has 0 aromatic rings. The molecule has 1 saturated carbocycles. The van der Waals surface area contributed by atoms with Crippen LogP contribution >= 0.6 is 0 Å². The molecular formula is C29H64. The third-order valence-corrected chi connectivity index (χ3v) is 5.58. The molecule has 0 heterocycles.